The normalized spacial score (nSPS) is 13.8. The zero-order chi connectivity index (χ0) is 14.3. The highest BCUT2D eigenvalue weighted by Gasteiger charge is 2.37. The summed E-state index contributed by atoms with van der Waals surface area (Å²) in [5, 5.41) is 0. The average molecular weight is 266 g/mol. The van der Waals surface area contributed by atoms with E-state index in [9.17, 15) is 9.59 Å². The Bertz CT molecular complexity index is 722. The Labute approximate surface area is 116 Å². The van der Waals surface area contributed by atoms with Crippen LogP contribution in [0.5, 0.6) is 0 Å². The second kappa shape index (κ2) is 4.58. The van der Waals surface area contributed by atoms with Gasteiger partial charge >= 0.3 is 0 Å². The van der Waals surface area contributed by atoms with Crippen LogP contribution in [0.3, 0.4) is 0 Å². The second-order valence-corrected chi connectivity index (χ2v) is 4.83. The molecule has 0 saturated heterocycles. The lowest BCUT2D eigenvalue weighted by Crippen LogP contribution is -2.30. The Morgan fingerprint density at radius 1 is 1.00 bits per heavy atom. The van der Waals surface area contributed by atoms with Crippen molar-refractivity contribution in [3.05, 3.63) is 64.7 Å². The van der Waals surface area contributed by atoms with Gasteiger partial charge in [0.05, 0.1) is 16.8 Å². The molecule has 0 radical (unpaired) electrons. The summed E-state index contributed by atoms with van der Waals surface area (Å²) in [5.74, 6) is -0.569. The predicted molar refractivity (Wildman–Crippen MR) is 76.7 cm³/mol. The Morgan fingerprint density at radius 2 is 1.70 bits per heavy atom. The molecular weight excluding hydrogens is 252 g/mol. The third-order valence-electron chi connectivity index (χ3n) is 3.49. The van der Waals surface area contributed by atoms with Gasteiger partial charge in [0, 0.05) is 6.54 Å². The van der Waals surface area contributed by atoms with Gasteiger partial charge in [-0.25, -0.2) is 4.90 Å². The van der Waals surface area contributed by atoms with Crippen molar-refractivity contribution < 1.29 is 9.59 Å². The van der Waals surface area contributed by atoms with Crippen molar-refractivity contribution in [3.63, 3.8) is 0 Å². The first-order valence-electron chi connectivity index (χ1n) is 6.41. The summed E-state index contributed by atoms with van der Waals surface area (Å²) in [4.78, 5) is 26.2. The van der Waals surface area contributed by atoms with Gasteiger partial charge in [-0.1, -0.05) is 29.8 Å². The fourth-order valence-corrected chi connectivity index (χ4v) is 2.48. The van der Waals surface area contributed by atoms with E-state index in [-0.39, 0.29) is 18.4 Å². The minimum absolute atomic E-state index is 0.280. The molecule has 0 bridgehead atoms. The molecule has 4 nitrogen and oxygen atoms in total. The molecule has 0 aliphatic carbocycles. The van der Waals surface area contributed by atoms with Gasteiger partial charge in [-0.15, -0.1) is 0 Å². The summed E-state index contributed by atoms with van der Waals surface area (Å²) >= 11 is 0. The first-order chi connectivity index (χ1) is 9.63. The van der Waals surface area contributed by atoms with E-state index in [2.05, 4.69) is 0 Å². The number of hydrogen-bond acceptors (Lipinski definition) is 3. The van der Waals surface area contributed by atoms with Crippen LogP contribution >= 0.6 is 0 Å². The van der Waals surface area contributed by atoms with Crippen LogP contribution in [0.2, 0.25) is 0 Å². The first-order valence-corrected chi connectivity index (χ1v) is 6.41. The van der Waals surface area contributed by atoms with E-state index in [4.69, 9.17) is 5.73 Å². The van der Waals surface area contributed by atoms with E-state index in [0.717, 1.165) is 11.1 Å². The fourth-order valence-electron chi connectivity index (χ4n) is 2.48. The van der Waals surface area contributed by atoms with Crippen molar-refractivity contribution >= 4 is 17.5 Å². The smallest absolute Gasteiger partial charge is 0.266 e. The number of rotatable bonds is 2. The maximum absolute atomic E-state index is 12.5. The monoisotopic (exact) mass is 266 g/mol. The van der Waals surface area contributed by atoms with Crippen molar-refractivity contribution in [2.45, 2.75) is 13.5 Å². The van der Waals surface area contributed by atoms with E-state index in [1.165, 1.54) is 4.90 Å². The Balaban J connectivity index is 2.14. The van der Waals surface area contributed by atoms with E-state index in [1.54, 1.807) is 24.3 Å². The quantitative estimate of drug-likeness (QED) is 0.848. The number of amides is 2. The standard InChI is InChI=1S/C16H14N2O2/c1-10-6-7-12-13(8-10)16(20)18(15(12)19)14-5-3-2-4-11(14)9-17/h2-8H,9,17H2,1H3. The molecule has 2 amide bonds. The molecule has 1 aliphatic rings. The Hall–Kier alpha value is -2.46. The zero-order valence-electron chi connectivity index (χ0n) is 11.1. The average Bonchev–Trinajstić information content (AvgIpc) is 2.70. The lowest BCUT2D eigenvalue weighted by atomic mass is 10.1. The molecule has 3 rings (SSSR count). The first kappa shape index (κ1) is 12.6. The van der Waals surface area contributed by atoms with Crippen LogP contribution in [-0.4, -0.2) is 11.8 Å². The van der Waals surface area contributed by atoms with Crippen LogP contribution in [0, 0.1) is 6.92 Å². The number of para-hydroxylation sites is 1. The number of imide groups is 1. The molecule has 0 spiro atoms. The van der Waals surface area contributed by atoms with E-state index < -0.39 is 0 Å². The number of anilines is 1. The van der Waals surface area contributed by atoms with Gasteiger partial charge in [-0.05, 0) is 30.7 Å². The molecule has 2 aromatic carbocycles. The third-order valence-corrected chi connectivity index (χ3v) is 3.49. The van der Waals surface area contributed by atoms with Gasteiger partial charge in [0.2, 0.25) is 0 Å². The fraction of sp³-hybridized carbons (Fsp3) is 0.125. The van der Waals surface area contributed by atoms with Gasteiger partial charge in [-0.3, -0.25) is 9.59 Å². The second-order valence-electron chi connectivity index (χ2n) is 4.83. The van der Waals surface area contributed by atoms with Crippen LogP contribution in [0.15, 0.2) is 42.5 Å². The Kier molecular flexibility index (Phi) is 2.88. The van der Waals surface area contributed by atoms with Crippen molar-refractivity contribution in [3.8, 4) is 0 Å². The van der Waals surface area contributed by atoms with Gasteiger partial charge in [-0.2, -0.15) is 0 Å². The molecule has 0 saturated carbocycles. The molecule has 0 atom stereocenters. The van der Waals surface area contributed by atoms with Crippen molar-refractivity contribution in [1.82, 2.24) is 0 Å². The summed E-state index contributed by atoms with van der Waals surface area (Å²) < 4.78 is 0. The Morgan fingerprint density at radius 3 is 2.45 bits per heavy atom. The molecule has 2 N–H and O–H groups in total. The minimum atomic E-state index is -0.286. The summed E-state index contributed by atoms with van der Waals surface area (Å²) in [6, 6.07) is 12.5. The molecule has 100 valence electrons. The van der Waals surface area contributed by atoms with E-state index >= 15 is 0 Å². The number of carbonyl (C=O) groups excluding carboxylic acids is 2. The molecule has 20 heavy (non-hydrogen) atoms. The van der Waals surface area contributed by atoms with Crippen LogP contribution in [-0.2, 0) is 6.54 Å². The highest BCUT2D eigenvalue weighted by Crippen LogP contribution is 2.30. The van der Waals surface area contributed by atoms with Gasteiger partial charge in [0.15, 0.2) is 0 Å². The molecule has 2 aromatic rings. The van der Waals surface area contributed by atoms with Gasteiger partial charge < -0.3 is 5.73 Å². The molecule has 0 fully saturated rings. The summed E-state index contributed by atoms with van der Waals surface area (Å²) in [7, 11) is 0. The number of carbonyl (C=O) groups is 2. The topological polar surface area (TPSA) is 63.4 Å². The molecular formula is C16H14N2O2. The maximum atomic E-state index is 12.5. The van der Waals surface area contributed by atoms with Gasteiger partial charge in [0.25, 0.3) is 11.8 Å². The van der Waals surface area contributed by atoms with E-state index in [0.29, 0.717) is 16.8 Å². The molecule has 4 heteroatoms. The van der Waals surface area contributed by atoms with Crippen LogP contribution < -0.4 is 10.6 Å². The maximum Gasteiger partial charge on any atom is 0.266 e. The third kappa shape index (κ3) is 1.73. The van der Waals surface area contributed by atoms with Crippen LogP contribution in [0.25, 0.3) is 0 Å². The number of nitrogens with two attached hydrogens (primary N) is 1. The molecule has 0 unspecified atom stereocenters. The summed E-state index contributed by atoms with van der Waals surface area (Å²) in [6.07, 6.45) is 0. The highest BCUT2D eigenvalue weighted by molar-refractivity contribution is 6.34. The SMILES string of the molecule is Cc1ccc2c(c1)C(=O)N(c1ccccc1CN)C2=O. The number of fused-ring (bicyclic) bond motifs is 1. The summed E-state index contributed by atoms with van der Waals surface area (Å²) in [6.45, 7) is 2.18. The van der Waals surface area contributed by atoms with Gasteiger partial charge in [0.1, 0.15) is 0 Å². The van der Waals surface area contributed by atoms with Crippen LogP contribution in [0.4, 0.5) is 5.69 Å². The number of aryl methyl sites for hydroxylation is 1. The van der Waals surface area contributed by atoms with Crippen LogP contribution in [0.1, 0.15) is 31.8 Å². The molecule has 1 heterocycles. The predicted octanol–water partition coefficient (Wildman–Crippen LogP) is 2.25. The molecule has 0 aromatic heterocycles. The highest BCUT2D eigenvalue weighted by atomic mass is 16.2. The largest absolute Gasteiger partial charge is 0.326 e. The number of benzene rings is 2. The minimum Gasteiger partial charge on any atom is -0.326 e. The lowest BCUT2D eigenvalue weighted by molar-refractivity contribution is 0.0926. The van der Waals surface area contributed by atoms with Crippen molar-refractivity contribution in [2.75, 3.05) is 4.90 Å². The van der Waals surface area contributed by atoms with E-state index in [1.807, 2.05) is 25.1 Å². The van der Waals surface area contributed by atoms with Crippen molar-refractivity contribution in [1.29, 1.82) is 0 Å². The lowest BCUT2D eigenvalue weighted by Gasteiger charge is -2.17. The van der Waals surface area contributed by atoms with Crippen molar-refractivity contribution in [2.24, 2.45) is 5.73 Å². The number of nitrogens with zero attached hydrogens (tertiary/aromatic N) is 1. The number of hydrogen-bond donors (Lipinski definition) is 1. The molecule has 1 aliphatic heterocycles. The summed E-state index contributed by atoms with van der Waals surface area (Å²) in [5.41, 5.74) is 8.90. The zero-order valence-corrected chi connectivity index (χ0v) is 11.1.